The first-order chi connectivity index (χ1) is 8.82. The Bertz CT molecular complexity index is 496. The summed E-state index contributed by atoms with van der Waals surface area (Å²) in [5.74, 6) is -2.10. The van der Waals surface area contributed by atoms with Gasteiger partial charge in [-0.25, -0.2) is 5.06 Å². The highest BCUT2D eigenvalue weighted by Crippen LogP contribution is 2.20. The van der Waals surface area contributed by atoms with Crippen molar-refractivity contribution in [1.82, 2.24) is 5.06 Å². The fourth-order valence-corrected chi connectivity index (χ4v) is 1.38. The molecule has 0 bridgehead atoms. The summed E-state index contributed by atoms with van der Waals surface area (Å²) in [6.07, 6.45) is -1.78. The maximum absolute atomic E-state index is 11.3. The third-order valence-electron chi connectivity index (χ3n) is 2.40. The predicted octanol–water partition coefficient (Wildman–Crippen LogP) is 0.435. The second-order valence-corrected chi connectivity index (χ2v) is 3.82. The number of Topliss-reactive ketones (excluding diaryl/α,β-unsaturated/α-hetero) is 1. The zero-order valence-electron chi connectivity index (χ0n) is 10.0. The highest BCUT2D eigenvalue weighted by atomic mass is 16.6. The van der Waals surface area contributed by atoms with Crippen LogP contribution in [-0.2, 0) is 9.59 Å². The van der Waals surface area contributed by atoms with Gasteiger partial charge in [0.2, 0.25) is 5.78 Å². The minimum absolute atomic E-state index is 0.130. The Morgan fingerprint density at radius 1 is 1.37 bits per heavy atom. The minimum Gasteiger partial charge on any atom is -0.388 e. The normalized spacial score (nSPS) is 11.7. The molecule has 0 spiro atoms. The largest absolute Gasteiger partial charge is 0.388 e. The number of carbonyl (C=O) groups excluding carboxylic acids is 2. The van der Waals surface area contributed by atoms with Gasteiger partial charge in [-0.3, -0.25) is 24.9 Å². The third kappa shape index (κ3) is 3.83. The zero-order chi connectivity index (χ0) is 14.6. The van der Waals surface area contributed by atoms with Gasteiger partial charge in [-0.15, -0.1) is 0 Å². The topological polar surface area (TPSA) is 121 Å². The molecule has 19 heavy (non-hydrogen) atoms. The van der Waals surface area contributed by atoms with Crippen molar-refractivity contribution in [2.24, 2.45) is 0 Å². The number of nitro benzene ring substituents is 1. The van der Waals surface area contributed by atoms with Gasteiger partial charge < -0.3 is 5.11 Å². The van der Waals surface area contributed by atoms with Crippen LogP contribution in [0.25, 0.3) is 0 Å². The van der Waals surface area contributed by atoms with Crippen LogP contribution in [-0.4, -0.2) is 39.0 Å². The lowest BCUT2D eigenvalue weighted by molar-refractivity contribution is -0.384. The Morgan fingerprint density at radius 3 is 2.32 bits per heavy atom. The molecule has 1 unspecified atom stereocenters. The molecule has 0 aromatic heterocycles. The Hall–Kier alpha value is -2.32. The Labute approximate surface area is 108 Å². The number of nitrogens with zero attached hydrogens (tertiary/aromatic N) is 2. The fourth-order valence-electron chi connectivity index (χ4n) is 1.38. The average Bonchev–Trinajstić information content (AvgIpc) is 2.37. The van der Waals surface area contributed by atoms with Crippen LogP contribution in [0.4, 0.5) is 5.69 Å². The maximum Gasteiger partial charge on any atom is 0.313 e. The number of benzene rings is 1. The van der Waals surface area contributed by atoms with E-state index in [4.69, 9.17) is 5.21 Å². The Morgan fingerprint density at radius 2 is 1.89 bits per heavy atom. The highest BCUT2D eigenvalue weighted by Gasteiger charge is 2.22. The van der Waals surface area contributed by atoms with Crippen molar-refractivity contribution in [1.29, 1.82) is 0 Å². The second kappa shape index (κ2) is 6.03. The van der Waals surface area contributed by atoms with Gasteiger partial charge in [-0.1, -0.05) is 0 Å². The molecule has 0 aliphatic heterocycles. The van der Waals surface area contributed by atoms with Crippen LogP contribution in [0, 0.1) is 10.1 Å². The molecule has 8 heteroatoms. The minimum atomic E-state index is -1.27. The van der Waals surface area contributed by atoms with Gasteiger partial charge in [-0.05, 0) is 17.7 Å². The number of non-ortho nitro benzene ring substituents is 1. The summed E-state index contributed by atoms with van der Waals surface area (Å²) in [5, 5.41) is 29.1. The molecule has 0 saturated heterocycles. The fraction of sp³-hybridized carbons (Fsp3) is 0.273. The maximum atomic E-state index is 11.3. The molecule has 0 heterocycles. The summed E-state index contributed by atoms with van der Waals surface area (Å²) < 4.78 is 0. The number of amides is 1. The Balaban J connectivity index is 2.73. The van der Waals surface area contributed by atoms with E-state index >= 15 is 0 Å². The van der Waals surface area contributed by atoms with Crippen LogP contribution < -0.4 is 0 Å². The Kier molecular flexibility index (Phi) is 4.67. The van der Waals surface area contributed by atoms with E-state index in [1.165, 1.54) is 24.3 Å². The van der Waals surface area contributed by atoms with E-state index in [0.717, 1.165) is 7.05 Å². The summed E-state index contributed by atoms with van der Waals surface area (Å²) in [5.41, 5.74) is 0.126. The third-order valence-corrected chi connectivity index (χ3v) is 2.40. The van der Waals surface area contributed by atoms with Crippen molar-refractivity contribution in [3.05, 3.63) is 39.9 Å². The van der Waals surface area contributed by atoms with E-state index in [1.54, 1.807) is 0 Å². The number of rotatable bonds is 5. The molecule has 1 rings (SSSR count). The van der Waals surface area contributed by atoms with Crippen molar-refractivity contribution >= 4 is 17.4 Å². The smallest absolute Gasteiger partial charge is 0.313 e. The van der Waals surface area contributed by atoms with Crippen LogP contribution in [0.1, 0.15) is 18.1 Å². The zero-order valence-corrected chi connectivity index (χ0v) is 10.0. The van der Waals surface area contributed by atoms with Crippen LogP contribution in [0.5, 0.6) is 0 Å². The number of hydroxylamine groups is 2. The van der Waals surface area contributed by atoms with E-state index < -0.39 is 29.1 Å². The monoisotopic (exact) mass is 268 g/mol. The van der Waals surface area contributed by atoms with Crippen LogP contribution in [0.3, 0.4) is 0 Å². The molecule has 8 nitrogen and oxygen atoms in total. The molecule has 0 aliphatic rings. The van der Waals surface area contributed by atoms with Gasteiger partial charge in [0.25, 0.3) is 5.69 Å². The van der Waals surface area contributed by atoms with E-state index in [-0.39, 0.29) is 16.3 Å². The number of likely N-dealkylation sites (N-methyl/N-ethyl adjacent to an activating group) is 1. The predicted molar refractivity (Wildman–Crippen MR) is 62.2 cm³/mol. The van der Waals surface area contributed by atoms with Gasteiger partial charge in [0.15, 0.2) is 0 Å². The summed E-state index contributed by atoms with van der Waals surface area (Å²) in [4.78, 5) is 32.2. The second-order valence-electron chi connectivity index (χ2n) is 3.82. The van der Waals surface area contributed by atoms with E-state index in [1.807, 2.05) is 0 Å². The van der Waals surface area contributed by atoms with Gasteiger partial charge in [0, 0.05) is 25.6 Å². The number of hydrogen-bond donors (Lipinski definition) is 2. The number of carbonyl (C=O) groups is 2. The number of aliphatic hydroxyl groups excluding tert-OH is 1. The van der Waals surface area contributed by atoms with Crippen LogP contribution >= 0.6 is 0 Å². The first-order valence-electron chi connectivity index (χ1n) is 5.25. The molecule has 1 aromatic carbocycles. The van der Waals surface area contributed by atoms with Crippen molar-refractivity contribution in [3.8, 4) is 0 Å². The van der Waals surface area contributed by atoms with Gasteiger partial charge in [0.05, 0.1) is 11.0 Å². The molecular formula is C11H12N2O6. The van der Waals surface area contributed by atoms with E-state index in [0.29, 0.717) is 0 Å². The van der Waals surface area contributed by atoms with Gasteiger partial charge >= 0.3 is 5.91 Å². The molecule has 2 N–H and O–H groups in total. The molecule has 0 saturated carbocycles. The van der Waals surface area contributed by atoms with Gasteiger partial charge in [0.1, 0.15) is 0 Å². The van der Waals surface area contributed by atoms with E-state index in [9.17, 15) is 24.8 Å². The lowest BCUT2D eigenvalue weighted by Gasteiger charge is -2.11. The number of nitro groups is 1. The molecule has 0 radical (unpaired) electrons. The van der Waals surface area contributed by atoms with Crippen molar-refractivity contribution < 1.29 is 24.8 Å². The summed E-state index contributed by atoms with van der Waals surface area (Å²) in [6.45, 7) is 0. The summed E-state index contributed by atoms with van der Waals surface area (Å²) in [7, 11) is 0.999. The molecule has 1 amide bonds. The lowest BCUT2D eigenvalue weighted by Crippen LogP contribution is -2.31. The average molecular weight is 268 g/mol. The van der Waals surface area contributed by atoms with Crippen LogP contribution in [0.2, 0.25) is 0 Å². The number of hydrogen-bond acceptors (Lipinski definition) is 6. The summed E-state index contributed by atoms with van der Waals surface area (Å²) in [6, 6.07) is 4.96. The van der Waals surface area contributed by atoms with Crippen LogP contribution in [0.15, 0.2) is 24.3 Å². The SMILES string of the molecule is CN(O)C(=O)C(=O)CC(O)c1ccc([N+](=O)[O-])cc1. The van der Waals surface area contributed by atoms with Crippen molar-refractivity contribution in [2.75, 3.05) is 7.05 Å². The van der Waals surface area contributed by atoms with E-state index in [2.05, 4.69) is 0 Å². The summed E-state index contributed by atoms with van der Waals surface area (Å²) >= 11 is 0. The molecule has 1 aromatic rings. The molecule has 1 atom stereocenters. The molecule has 0 fully saturated rings. The lowest BCUT2D eigenvalue weighted by atomic mass is 10.0. The number of aliphatic hydroxyl groups is 1. The quantitative estimate of drug-likeness (QED) is 0.346. The molecule has 0 aliphatic carbocycles. The highest BCUT2D eigenvalue weighted by molar-refractivity contribution is 6.35. The van der Waals surface area contributed by atoms with Gasteiger partial charge in [-0.2, -0.15) is 0 Å². The molecule has 102 valence electrons. The first-order valence-corrected chi connectivity index (χ1v) is 5.25. The molecular weight excluding hydrogens is 256 g/mol. The standard InChI is InChI=1S/C11H12N2O6/c1-12(17)11(16)10(15)6-9(14)7-2-4-8(5-3-7)13(18)19/h2-5,9,14,17H,6H2,1H3. The van der Waals surface area contributed by atoms with Crippen molar-refractivity contribution in [2.45, 2.75) is 12.5 Å². The van der Waals surface area contributed by atoms with Crippen molar-refractivity contribution in [3.63, 3.8) is 0 Å². The first kappa shape index (κ1) is 14.7. The number of ketones is 1.